The predicted molar refractivity (Wildman–Crippen MR) is 85.6 cm³/mol. The molecule has 1 rings (SSSR count). The van der Waals surface area contributed by atoms with Crippen molar-refractivity contribution in [1.29, 1.82) is 0 Å². The van der Waals surface area contributed by atoms with Gasteiger partial charge in [-0.25, -0.2) is 0 Å². The Morgan fingerprint density at radius 1 is 1.68 bits per heavy atom. The lowest BCUT2D eigenvalue weighted by molar-refractivity contribution is -0.130. The van der Waals surface area contributed by atoms with Crippen molar-refractivity contribution in [3.8, 4) is 0 Å². The molecule has 0 bridgehead atoms. The Morgan fingerprint density at radius 2 is 2.37 bits per heavy atom. The van der Waals surface area contributed by atoms with Crippen LogP contribution in [0.5, 0.6) is 0 Å². The Balaban J connectivity index is 2.58. The van der Waals surface area contributed by atoms with Gasteiger partial charge >= 0.3 is 0 Å². The molecule has 3 nitrogen and oxygen atoms in total. The van der Waals surface area contributed by atoms with Gasteiger partial charge in [0.05, 0.1) is 12.5 Å². The summed E-state index contributed by atoms with van der Waals surface area (Å²) in [5.74, 6) is 1.62. The average Bonchev–Trinajstić information content (AvgIpc) is 2.71. The minimum absolute atomic E-state index is 0.0721. The molecule has 1 fully saturated rings. The van der Waals surface area contributed by atoms with Crippen molar-refractivity contribution in [1.82, 2.24) is 4.90 Å². The van der Waals surface area contributed by atoms with Gasteiger partial charge in [-0.1, -0.05) is 50.0 Å². The first kappa shape index (κ1) is 17.0. The van der Waals surface area contributed by atoms with Crippen LogP contribution in [-0.2, 0) is 4.79 Å². The monoisotopic (exact) mass is 321 g/mol. The number of nitrogens with zero attached hydrogens (tertiary/aromatic N) is 1. The van der Waals surface area contributed by atoms with Gasteiger partial charge in [0, 0.05) is 17.7 Å². The first-order chi connectivity index (χ1) is 8.97. The van der Waals surface area contributed by atoms with Crippen molar-refractivity contribution >= 4 is 45.8 Å². The summed E-state index contributed by atoms with van der Waals surface area (Å²) >= 11 is 12.3. The number of rotatable bonds is 6. The van der Waals surface area contributed by atoms with Crippen LogP contribution < -0.4 is 0 Å². The summed E-state index contributed by atoms with van der Waals surface area (Å²) in [6.07, 6.45) is 3.41. The van der Waals surface area contributed by atoms with Crippen LogP contribution in [0.4, 0.5) is 0 Å². The van der Waals surface area contributed by atoms with Crippen LogP contribution in [0.15, 0.2) is 12.2 Å². The Bertz CT molecular complexity index is 361. The lowest BCUT2D eigenvalue weighted by atomic mass is 10.0. The van der Waals surface area contributed by atoms with Crippen molar-refractivity contribution in [2.75, 3.05) is 11.6 Å². The van der Waals surface area contributed by atoms with Crippen LogP contribution >= 0.6 is 35.6 Å². The fourth-order valence-corrected chi connectivity index (χ4v) is 3.67. The molecule has 1 aliphatic heterocycles. The quantitative estimate of drug-likeness (QED) is 0.464. The molecular formula is C13H20ClNO2S2. The molecule has 0 spiro atoms. The highest BCUT2D eigenvalue weighted by Gasteiger charge is 2.35. The van der Waals surface area contributed by atoms with Crippen LogP contribution in [0, 0.1) is 5.92 Å². The minimum Gasteiger partial charge on any atom is -0.389 e. The van der Waals surface area contributed by atoms with Crippen molar-refractivity contribution in [2.45, 2.75) is 38.8 Å². The van der Waals surface area contributed by atoms with E-state index in [0.29, 0.717) is 22.5 Å². The standard InChI is InChI=1S/C13H20ClNO2S2/c1-9(2)11-8-19-13(18)15(11)12(17)7-10(16)5-3-4-6-14/h3,5,9-11,16H,4,6-8H2,1-2H3/t10?,11-/m0/s1. The van der Waals surface area contributed by atoms with Gasteiger partial charge in [-0.2, -0.15) is 0 Å². The molecular weight excluding hydrogens is 302 g/mol. The first-order valence-electron chi connectivity index (χ1n) is 6.36. The molecule has 2 atom stereocenters. The molecule has 1 amide bonds. The molecule has 0 aromatic heterocycles. The Kier molecular flexibility index (Phi) is 7.36. The number of hydrogen-bond acceptors (Lipinski definition) is 4. The zero-order chi connectivity index (χ0) is 14.4. The van der Waals surface area contributed by atoms with Crippen LogP contribution in [0.3, 0.4) is 0 Å². The number of aliphatic hydroxyl groups is 1. The average molecular weight is 322 g/mol. The third-order valence-corrected chi connectivity index (χ3v) is 4.68. The Hall–Kier alpha value is -0.100. The lowest BCUT2D eigenvalue weighted by Crippen LogP contribution is -2.42. The predicted octanol–water partition coefficient (Wildman–Crippen LogP) is 2.81. The number of carbonyl (C=O) groups excluding carboxylic acids is 1. The number of alkyl halides is 1. The Labute approximate surface area is 129 Å². The number of allylic oxidation sites excluding steroid dienone is 1. The van der Waals surface area contributed by atoms with Crippen LogP contribution in [0.1, 0.15) is 26.7 Å². The fraction of sp³-hybridized carbons (Fsp3) is 0.692. The second-order valence-corrected chi connectivity index (χ2v) is 6.86. The zero-order valence-electron chi connectivity index (χ0n) is 11.2. The molecule has 108 valence electrons. The molecule has 1 N–H and O–H groups in total. The van der Waals surface area contributed by atoms with Crippen LogP contribution in [0.2, 0.25) is 0 Å². The molecule has 1 unspecified atom stereocenters. The van der Waals surface area contributed by atoms with Crippen molar-refractivity contribution < 1.29 is 9.90 Å². The van der Waals surface area contributed by atoms with E-state index in [0.717, 1.165) is 5.75 Å². The minimum atomic E-state index is -0.767. The third kappa shape index (κ3) is 5.06. The van der Waals surface area contributed by atoms with E-state index in [9.17, 15) is 9.90 Å². The SMILES string of the molecule is CC(C)[C@@H]1CSC(=S)N1C(=O)CC(O)C=CCCCl. The molecule has 0 aromatic carbocycles. The first-order valence-corrected chi connectivity index (χ1v) is 8.29. The number of hydrogen-bond donors (Lipinski definition) is 1. The summed E-state index contributed by atoms with van der Waals surface area (Å²) < 4.78 is 0.626. The molecule has 1 aliphatic rings. The van der Waals surface area contributed by atoms with Crippen LogP contribution in [-0.4, -0.2) is 44.0 Å². The lowest BCUT2D eigenvalue weighted by Gasteiger charge is -2.27. The van der Waals surface area contributed by atoms with E-state index in [1.165, 1.54) is 11.8 Å². The fourth-order valence-electron chi connectivity index (χ4n) is 1.88. The van der Waals surface area contributed by atoms with Gasteiger partial charge in [-0.15, -0.1) is 11.6 Å². The summed E-state index contributed by atoms with van der Waals surface area (Å²) in [7, 11) is 0. The largest absolute Gasteiger partial charge is 0.389 e. The number of amides is 1. The number of thioether (sulfide) groups is 1. The van der Waals surface area contributed by atoms with E-state index in [1.807, 2.05) is 0 Å². The van der Waals surface area contributed by atoms with Crippen molar-refractivity contribution in [3.63, 3.8) is 0 Å². The maximum Gasteiger partial charge on any atom is 0.231 e. The van der Waals surface area contributed by atoms with E-state index in [4.69, 9.17) is 23.8 Å². The highest BCUT2D eigenvalue weighted by atomic mass is 35.5. The molecule has 0 radical (unpaired) electrons. The molecule has 19 heavy (non-hydrogen) atoms. The third-order valence-electron chi connectivity index (χ3n) is 2.96. The van der Waals surface area contributed by atoms with Crippen LogP contribution in [0.25, 0.3) is 0 Å². The topological polar surface area (TPSA) is 40.5 Å². The maximum absolute atomic E-state index is 12.2. The summed E-state index contributed by atoms with van der Waals surface area (Å²) in [6.45, 7) is 4.16. The summed E-state index contributed by atoms with van der Waals surface area (Å²) in [4.78, 5) is 13.9. The molecule has 1 heterocycles. The number of aliphatic hydroxyl groups excluding tert-OH is 1. The zero-order valence-corrected chi connectivity index (χ0v) is 13.6. The second kappa shape index (κ2) is 8.25. The molecule has 0 aromatic rings. The summed E-state index contributed by atoms with van der Waals surface area (Å²) in [5.41, 5.74) is 0. The highest BCUT2D eigenvalue weighted by molar-refractivity contribution is 8.23. The van der Waals surface area contributed by atoms with E-state index < -0.39 is 6.10 Å². The molecule has 0 aliphatic carbocycles. The normalized spacial score (nSPS) is 21.6. The number of carbonyl (C=O) groups is 1. The summed E-state index contributed by atoms with van der Waals surface area (Å²) in [6, 6.07) is 0.143. The van der Waals surface area contributed by atoms with E-state index in [-0.39, 0.29) is 18.4 Å². The maximum atomic E-state index is 12.2. The Morgan fingerprint density at radius 3 is 2.95 bits per heavy atom. The van der Waals surface area contributed by atoms with Crippen molar-refractivity contribution in [3.05, 3.63) is 12.2 Å². The molecule has 0 saturated carbocycles. The molecule has 1 saturated heterocycles. The molecule has 6 heteroatoms. The second-order valence-electron chi connectivity index (χ2n) is 4.83. The van der Waals surface area contributed by atoms with Gasteiger partial charge in [-0.3, -0.25) is 9.69 Å². The van der Waals surface area contributed by atoms with Gasteiger partial charge in [0.2, 0.25) is 5.91 Å². The highest BCUT2D eigenvalue weighted by Crippen LogP contribution is 2.29. The van der Waals surface area contributed by atoms with Gasteiger partial charge in [0.25, 0.3) is 0 Å². The van der Waals surface area contributed by atoms with Crippen molar-refractivity contribution in [2.24, 2.45) is 5.92 Å². The van der Waals surface area contributed by atoms with Gasteiger partial charge in [0.15, 0.2) is 0 Å². The van der Waals surface area contributed by atoms with E-state index in [2.05, 4.69) is 13.8 Å². The number of thiocarbonyl (C=S) groups is 1. The van der Waals surface area contributed by atoms with E-state index in [1.54, 1.807) is 17.1 Å². The summed E-state index contributed by atoms with van der Waals surface area (Å²) in [5, 5.41) is 9.79. The van der Waals surface area contributed by atoms with Gasteiger partial charge in [0.1, 0.15) is 4.32 Å². The number of halogens is 1. The smallest absolute Gasteiger partial charge is 0.231 e. The van der Waals surface area contributed by atoms with E-state index >= 15 is 0 Å². The van der Waals surface area contributed by atoms with Gasteiger partial charge < -0.3 is 5.11 Å². The van der Waals surface area contributed by atoms with Gasteiger partial charge in [-0.05, 0) is 12.3 Å².